The minimum Gasteiger partial charge on any atom is -0.339 e. The van der Waals surface area contributed by atoms with Crippen molar-refractivity contribution in [3.63, 3.8) is 0 Å². The SMILES string of the molecule is CC.CC.c1ccc(-c2noc(CC3CNC3)n2)cc1. The maximum Gasteiger partial charge on any atom is 0.227 e. The fourth-order valence-corrected chi connectivity index (χ4v) is 1.78. The normalized spacial score (nSPS) is 13.4. The lowest BCUT2D eigenvalue weighted by Crippen LogP contribution is -2.43. The molecule has 1 aromatic heterocycles. The third-order valence-corrected chi connectivity index (χ3v) is 2.83. The van der Waals surface area contributed by atoms with Gasteiger partial charge in [-0.1, -0.05) is 63.2 Å². The van der Waals surface area contributed by atoms with Gasteiger partial charge < -0.3 is 9.84 Å². The minimum atomic E-state index is 0.657. The first-order valence-corrected chi connectivity index (χ1v) is 7.50. The van der Waals surface area contributed by atoms with Crippen molar-refractivity contribution in [2.24, 2.45) is 5.92 Å². The van der Waals surface area contributed by atoms with Crippen LogP contribution in [0.1, 0.15) is 33.6 Å². The predicted octanol–water partition coefficient (Wildman–Crippen LogP) is 3.55. The summed E-state index contributed by atoms with van der Waals surface area (Å²) in [5.41, 5.74) is 1.00. The minimum absolute atomic E-state index is 0.657. The predicted molar refractivity (Wildman–Crippen MR) is 82.5 cm³/mol. The van der Waals surface area contributed by atoms with E-state index in [-0.39, 0.29) is 0 Å². The standard InChI is InChI=1S/C12H13N3O.2C2H6/c1-2-4-10(5-3-1)12-14-11(16-15-12)6-9-7-13-8-9;2*1-2/h1-5,9,13H,6-8H2;2*1-2H3. The van der Waals surface area contributed by atoms with Crippen LogP contribution in [0, 0.1) is 5.92 Å². The Morgan fingerprint density at radius 3 is 2.30 bits per heavy atom. The maximum atomic E-state index is 5.24. The molecule has 1 aliphatic heterocycles. The lowest BCUT2D eigenvalue weighted by atomic mass is 10.00. The van der Waals surface area contributed by atoms with Gasteiger partial charge >= 0.3 is 0 Å². The van der Waals surface area contributed by atoms with Crippen LogP contribution in [0.25, 0.3) is 11.4 Å². The molecule has 0 aliphatic carbocycles. The molecule has 2 aromatic rings. The van der Waals surface area contributed by atoms with E-state index >= 15 is 0 Å². The summed E-state index contributed by atoms with van der Waals surface area (Å²) in [5, 5.41) is 7.22. The van der Waals surface area contributed by atoms with E-state index in [1.54, 1.807) is 0 Å². The lowest BCUT2D eigenvalue weighted by Gasteiger charge is -2.25. The van der Waals surface area contributed by atoms with E-state index in [1.807, 2.05) is 58.0 Å². The molecule has 0 bridgehead atoms. The summed E-state index contributed by atoms with van der Waals surface area (Å²) in [6, 6.07) is 9.89. The van der Waals surface area contributed by atoms with Gasteiger partial charge in [-0.25, -0.2) is 0 Å². The summed E-state index contributed by atoms with van der Waals surface area (Å²) >= 11 is 0. The highest BCUT2D eigenvalue weighted by atomic mass is 16.5. The van der Waals surface area contributed by atoms with Crippen LogP contribution in [0.4, 0.5) is 0 Å². The summed E-state index contributed by atoms with van der Waals surface area (Å²) in [6.07, 6.45) is 0.882. The van der Waals surface area contributed by atoms with E-state index in [0.29, 0.717) is 11.7 Å². The Labute approximate surface area is 121 Å². The van der Waals surface area contributed by atoms with Crippen molar-refractivity contribution in [1.82, 2.24) is 15.5 Å². The molecule has 110 valence electrons. The molecule has 0 radical (unpaired) electrons. The molecule has 1 saturated heterocycles. The van der Waals surface area contributed by atoms with Crippen molar-refractivity contribution in [1.29, 1.82) is 0 Å². The Morgan fingerprint density at radius 1 is 1.10 bits per heavy atom. The first-order chi connectivity index (χ1) is 9.92. The molecule has 0 spiro atoms. The molecule has 0 saturated carbocycles. The van der Waals surface area contributed by atoms with Crippen LogP contribution < -0.4 is 5.32 Å². The highest BCUT2D eigenvalue weighted by Crippen LogP contribution is 2.17. The number of rotatable bonds is 3. The molecule has 0 unspecified atom stereocenters. The van der Waals surface area contributed by atoms with Crippen molar-refractivity contribution in [3.8, 4) is 11.4 Å². The van der Waals surface area contributed by atoms with Gasteiger partial charge in [0.15, 0.2) is 0 Å². The highest BCUT2D eigenvalue weighted by molar-refractivity contribution is 5.53. The maximum absolute atomic E-state index is 5.24. The summed E-state index contributed by atoms with van der Waals surface area (Å²) < 4.78 is 5.24. The van der Waals surface area contributed by atoms with E-state index in [0.717, 1.165) is 31.0 Å². The lowest BCUT2D eigenvalue weighted by molar-refractivity contribution is 0.296. The van der Waals surface area contributed by atoms with Crippen molar-refractivity contribution in [2.75, 3.05) is 13.1 Å². The van der Waals surface area contributed by atoms with Crippen LogP contribution in [-0.2, 0) is 6.42 Å². The monoisotopic (exact) mass is 275 g/mol. The zero-order chi connectivity index (χ0) is 14.8. The second-order valence-corrected chi connectivity index (χ2v) is 4.11. The highest BCUT2D eigenvalue weighted by Gasteiger charge is 2.20. The Balaban J connectivity index is 0.000000461. The number of aromatic nitrogens is 2. The van der Waals surface area contributed by atoms with Crippen LogP contribution in [0.2, 0.25) is 0 Å². The van der Waals surface area contributed by atoms with Crippen LogP contribution >= 0.6 is 0 Å². The van der Waals surface area contributed by atoms with Crippen LogP contribution in [0.15, 0.2) is 34.9 Å². The van der Waals surface area contributed by atoms with Crippen molar-refractivity contribution >= 4 is 0 Å². The molecule has 1 fully saturated rings. The number of nitrogens with zero attached hydrogens (tertiary/aromatic N) is 2. The fraction of sp³-hybridized carbons (Fsp3) is 0.500. The molecule has 4 nitrogen and oxygen atoms in total. The molecule has 2 heterocycles. The second-order valence-electron chi connectivity index (χ2n) is 4.11. The molecule has 1 aliphatic rings. The van der Waals surface area contributed by atoms with E-state index in [2.05, 4.69) is 15.5 Å². The molecule has 3 rings (SSSR count). The number of hydrogen-bond donors (Lipinski definition) is 1. The van der Waals surface area contributed by atoms with Gasteiger partial charge in [0, 0.05) is 12.0 Å². The fourth-order valence-electron chi connectivity index (χ4n) is 1.78. The summed E-state index contributed by atoms with van der Waals surface area (Å²) in [4.78, 5) is 4.40. The topological polar surface area (TPSA) is 51.0 Å². The molecule has 1 aromatic carbocycles. The summed E-state index contributed by atoms with van der Waals surface area (Å²) in [5.74, 6) is 2.08. The van der Waals surface area contributed by atoms with E-state index in [9.17, 15) is 0 Å². The van der Waals surface area contributed by atoms with Crippen LogP contribution in [0.3, 0.4) is 0 Å². The molecular weight excluding hydrogens is 250 g/mol. The molecule has 1 N–H and O–H groups in total. The van der Waals surface area contributed by atoms with Gasteiger partial charge in [0.2, 0.25) is 11.7 Å². The van der Waals surface area contributed by atoms with Crippen molar-refractivity contribution in [2.45, 2.75) is 34.1 Å². The summed E-state index contributed by atoms with van der Waals surface area (Å²) in [6.45, 7) is 10.1. The smallest absolute Gasteiger partial charge is 0.227 e. The summed E-state index contributed by atoms with van der Waals surface area (Å²) in [7, 11) is 0. The van der Waals surface area contributed by atoms with Crippen LogP contribution in [0.5, 0.6) is 0 Å². The number of benzene rings is 1. The average Bonchev–Trinajstić information content (AvgIpc) is 2.97. The Kier molecular flexibility index (Phi) is 7.58. The van der Waals surface area contributed by atoms with Gasteiger partial charge in [0.1, 0.15) is 0 Å². The average molecular weight is 275 g/mol. The molecule has 4 heteroatoms. The van der Waals surface area contributed by atoms with Gasteiger partial charge in [-0.15, -0.1) is 0 Å². The third kappa shape index (κ3) is 4.46. The van der Waals surface area contributed by atoms with Gasteiger partial charge in [-0.05, 0) is 19.0 Å². The molecular formula is C16H25N3O. The van der Waals surface area contributed by atoms with E-state index < -0.39 is 0 Å². The van der Waals surface area contributed by atoms with E-state index in [1.165, 1.54) is 0 Å². The quantitative estimate of drug-likeness (QED) is 0.930. The molecule has 0 atom stereocenters. The first-order valence-electron chi connectivity index (χ1n) is 7.50. The zero-order valence-electron chi connectivity index (χ0n) is 12.9. The largest absolute Gasteiger partial charge is 0.339 e. The van der Waals surface area contributed by atoms with Gasteiger partial charge in [-0.2, -0.15) is 4.98 Å². The first kappa shape index (κ1) is 16.4. The second kappa shape index (κ2) is 9.26. The van der Waals surface area contributed by atoms with Crippen LogP contribution in [-0.4, -0.2) is 23.2 Å². The van der Waals surface area contributed by atoms with Gasteiger partial charge in [-0.3, -0.25) is 0 Å². The Hall–Kier alpha value is -1.68. The third-order valence-electron chi connectivity index (χ3n) is 2.83. The Morgan fingerprint density at radius 2 is 1.75 bits per heavy atom. The van der Waals surface area contributed by atoms with E-state index in [4.69, 9.17) is 4.52 Å². The number of hydrogen-bond acceptors (Lipinski definition) is 4. The zero-order valence-corrected chi connectivity index (χ0v) is 12.9. The molecule has 20 heavy (non-hydrogen) atoms. The Bertz CT molecular complexity index is 464. The number of nitrogens with one attached hydrogen (secondary N) is 1. The van der Waals surface area contributed by atoms with Gasteiger partial charge in [0.25, 0.3) is 0 Å². The molecule has 0 amide bonds. The van der Waals surface area contributed by atoms with Gasteiger partial charge in [0.05, 0.1) is 0 Å². The van der Waals surface area contributed by atoms with Crippen molar-refractivity contribution < 1.29 is 4.52 Å². The van der Waals surface area contributed by atoms with Crippen molar-refractivity contribution in [3.05, 3.63) is 36.2 Å².